The number of rotatable bonds is 9. The van der Waals surface area contributed by atoms with Crippen LogP contribution in [-0.2, 0) is 11.2 Å². The average molecular weight is 492 g/mol. The Labute approximate surface area is 214 Å². The first-order chi connectivity index (χ1) is 17.0. The van der Waals surface area contributed by atoms with Gasteiger partial charge in [0.05, 0.1) is 12.8 Å². The van der Waals surface area contributed by atoms with Crippen molar-refractivity contribution in [1.29, 1.82) is 0 Å². The van der Waals surface area contributed by atoms with Crippen molar-refractivity contribution in [2.75, 3.05) is 46.1 Å². The number of amides is 1. The van der Waals surface area contributed by atoms with Gasteiger partial charge < -0.3 is 14.2 Å². The van der Waals surface area contributed by atoms with Crippen molar-refractivity contribution in [3.8, 4) is 22.7 Å². The summed E-state index contributed by atoms with van der Waals surface area (Å²) >= 11 is 1.74. The van der Waals surface area contributed by atoms with Gasteiger partial charge in [-0.25, -0.2) is 0 Å². The molecular formula is C29H37N3O2S. The number of aryl methyl sites for hydroxylation is 1. The van der Waals surface area contributed by atoms with E-state index in [4.69, 9.17) is 4.74 Å². The van der Waals surface area contributed by atoms with Crippen LogP contribution in [0.2, 0.25) is 0 Å². The highest BCUT2D eigenvalue weighted by Crippen LogP contribution is 2.30. The standard InChI is InChI=1S/C29H37N3O2S/c1-22(2)21-30-17-19-31(20-18-30)29(33)16-10-25-9-15-28(23-5-11-26(34-3)12-6-23)32(25)24-7-13-27(35-4)14-8-24/h5-9,11-15,22H,10,16-21H2,1-4H3. The van der Waals surface area contributed by atoms with Gasteiger partial charge >= 0.3 is 0 Å². The summed E-state index contributed by atoms with van der Waals surface area (Å²) in [4.78, 5) is 18.8. The minimum Gasteiger partial charge on any atom is -0.497 e. The summed E-state index contributed by atoms with van der Waals surface area (Å²) in [6, 6.07) is 21.1. The first-order valence-electron chi connectivity index (χ1n) is 12.5. The molecule has 1 aromatic heterocycles. The molecule has 4 rings (SSSR count). The van der Waals surface area contributed by atoms with Gasteiger partial charge in [-0.3, -0.25) is 9.69 Å². The minimum absolute atomic E-state index is 0.255. The van der Waals surface area contributed by atoms with Crippen molar-refractivity contribution in [2.24, 2.45) is 5.92 Å². The molecule has 0 N–H and O–H groups in total. The van der Waals surface area contributed by atoms with Gasteiger partial charge in [-0.15, -0.1) is 11.8 Å². The second-order valence-corrected chi connectivity index (χ2v) is 10.4. The van der Waals surface area contributed by atoms with Gasteiger partial charge in [0.2, 0.25) is 5.91 Å². The molecule has 0 bridgehead atoms. The zero-order valence-electron chi connectivity index (χ0n) is 21.4. The van der Waals surface area contributed by atoms with Crippen LogP contribution in [0.25, 0.3) is 16.9 Å². The van der Waals surface area contributed by atoms with Crippen LogP contribution in [0.4, 0.5) is 0 Å². The lowest BCUT2D eigenvalue weighted by atomic mass is 10.1. The summed E-state index contributed by atoms with van der Waals surface area (Å²) in [7, 11) is 1.68. The Bertz CT molecular complexity index is 1100. The van der Waals surface area contributed by atoms with Crippen molar-refractivity contribution in [1.82, 2.24) is 14.4 Å². The van der Waals surface area contributed by atoms with E-state index >= 15 is 0 Å². The molecule has 1 aliphatic heterocycles. The molecule has 6 heteroatoms. The maximum absolute atomic E-state index is 13.1. The molecular weight excluding hydrogens is 454 g/mol. The molecule has 2 aromatic carbocycles. The number of carbonyl (C=O) groups excluding carboxylic acids is 1. The van der Waals surface area contributed by atoms with E-state index in [2.05, 4.69) is 78.1 Å². The van der Waals surface area contributed by atoms with Gasteiger partial charge in [-0.1, -0.05) is 13.8 Å². The van der Waals surface area contributed by atoms with Crippen LogP contribution in [0.15, 0.2) is 65.6 Å². The number of thioether (sulfide) groups is 1. The molecule has 5 nitrogen and oxygen atoms in total. The number of ether oxygens (including phenoxy) is 1. The molecule has 1 fully saturated rings. The fourth-order valence-electron chi connectivity index (χ4n) is 4.79. The van der Waals surface area contributed by atoms with E-state index in [9.17, 15) is 4.79 Å². The first kappa shape index (κ1) is 25.4. The summed E-state index contributed by atoms with van der Waals surface area (Å²) in [5.41, 5.74) is 4.51. The molecule has 0 unspecified atom stereocenters. The summed E-state index contributed by atoms with van der Waals surface area (Å²) in [5, 5.41) is 0. The molecule has 0 saturated carbocycles. The van der Waals surface area contributed by atoms with Crippen LogP contribution in [0.1, 0.15) is 26.0 Å². The predicted octanol–water partition coefficient (Wildman–Crippen LogP) is 5.61. The lowest BCUT2D eigenvalue weighted by Crippen LogP contribution is -2.49. The zero-order chi connectivity index (χ0) is 24.8. The van der Waals surface area contributed by atoms with Crippen molar-refractivity contribution in [2.45, 2.75) is 31.6 Å². The molecule has 1 aliphatic rings. The number of benzene rings is 2. The Morgan fingerprint density at radius 1 is 0.943 bits per heavy atom. The third kappa shape index (κ3) is 6.30. The van der Waals surface area contributed by atoms with Crippen molar-refractivity contribution >= 4 is 17.7 Å². The quantitative estimate of drug-likeness (QED) is 0.365. The number of nitrogens with zero attached hydrogens (tertiary/aromatic N) is 3. The Kier molecular flexibility index (Phi) is 8.58. The number of methoxy groups -OCH3 is 1. The number of carbonyl (C=O) groups is 1. The summed E-state index contributed by atoms with van der Waals surface area (Å²) in [6.45, 7) is 9.23. The fourth-order valence-corrected chi connectivity index (χ4v) is 5.19. The molecule has 1 saturated heterocycles. The van der Waals surface area contributed by atoms with Crippen molar-refractivity contribution in [3.05, 3.63) is 66.4 Å². The maximum Gasteiger partial charge on any atom is 0.223 e. The molecule has 1 amide bonds. The number of hydrogen-bond donors (Lipinski definition) is 0. The monoisotopic (exact) mass is 491 g/mol. The van der Waals surface area contributed by atoms with Crippen LogP contribution in [0.3, 0.4) is 0 Å². The van der Waals surface area contributed by atoms with E-state index in [1.807, 2.05) is 17.0 Å². The molecule has 0 atom stereocenters. The van der Waals surface area contributed by atoms with E-state index in [-0.39, 0.29) is 5.91 Å². The topological polar surface area (TPSA) is 37.7 Å². The van der Waals surface area contributed by atoms with Gasteiger partial charge in [0.15, 0.2) is 0 Å². The molecule has 35 heavy (non-hydrogen) atoms. The zero-order valence-corrected chi connectivity index (χ0v) is 22.2. The maximum atomic E-state index is 13.1. The van der Waals surface area contributed by atoms with E-state index < -0.39 is 0 Å². The smallest absolute Gasteiger partial charge is 0.223 e. The Morgan fingerprint density at radius 3 is 2.23 bits per heavy atom. The third-order valence-electron chi connectivity index (χ3n) is 6.62. The fraction of sp³-hybridized carbons (Fsp3) is 0.414. The van der Waals surface area contributed by atoms with Crippen LogP contribution in [0, 0.1) is 5.92 Å². The number of piperazine rings is 1. The van der Waals surface area contributed by atoms with Crippen molar-refractivity contribution in [3.63, 3.8) is 0 Å². The van der Waals surface area contributed by atoms with Crippen LogP contribution in [-0.4, -0.2) is 66.4 Å². The largest absolute Gasteiger partial charge is 0.497 e. The Balaban J connectivity index is 1.52. The lowest BCUT2D eigenvalue weighted by Gasteiger charge is -2.35. The molecule has 186 valence electrons. The van der Waals surface area contributed by atoms with Crippen LogP contribution >= 0.6 is 11.8 Å². The van der Waals surface area contributed by atoms with Gasteiger partial charge in [0.1, 0.15) is 5.75 Å². The molecule has 0 radical (unpaired) electrons. The lowest BCUT2D eigenvalue weighted by molar-refractivity contribution is -0.133. The van der Waals surface area contributed by atoms with Gasteiger partial charge in [0, 0.05) is 55.4 Å². The SMILES string of the molecule is COc1ccc(-c2ccc(CCC(=O)N3CCN(CC(C)C)CC3)n2-c2ccc(SC)cc2)cc1. The highest BCUT2D eigenvalue weighted by Gasteiger charge is 2.22. The van der Waals surface area contributed by atoms with Crippen LogP contribution < -0.4 is 4.74 Å². The highest BCUT2D eigenvalue weighted by molar-refractivity contribution is 7.98. The Hall–Kier alpha value is -2.70. The average Bonchev–Trinajstić information content (AvgIpc) is 3.31. The van der Waals surface area contributed by atoms with Gasteiger partial charge in [-0.05, 0) is 84.8 Å². The molecule has 0 aliphatic carbocycles. The minimum atomic E-state index is 0.255. The van der Waals surface area contributed by atoms with E-state index in [0.717, 1.165) is 61.1 Å². The Morgan fingerprint density at radius 2 is 1.63 bits per heavy atom. The summed E-state index contributed by atoms with van der Waals surface area (Å²) in [5.74, 6) is 1.76. The highest BCUT2D eigenvalue weighted by atomic mass is 32.2. The molecule has 2 heterocycles. The molecule has 3 aromatic rings. The van der Waals surface area contributed by atoms with Crippen LogP contribution in [0.5, 0.6) is 5.75 Å². The number of hydrogen-bond acceptors (Lipinski definition) is 4. The second-order valence-electron chi connectivity index (χ2n) is 9.55. The normalized spacial score (nSPS) is 14.5. The van der Waals surface area contributed by atoms with E-state index in [1.165, 1.54) is 4.90 Å². The number of aromatic nitrogens is 1. The second kappa shape index (κ2) is 11.8. The van der Waals surface area contributed by atoms with E-state index in [1.54, 1.807) is 18.9 Å². The first-order valence-corrected chi connectivity index (χ1v) is 13.7. The summed E-state index contributed by atoms with van der Waals surface area (Å²) < 4.78 is 7.64. The third-order valence-corrected chi connectivity index (χ3v) is 7.37. The summed E-state index contributed by atoms with van der Waals surface area (Å²) in [6.07, 6.45) is 3.33. The van der Waals surface area contributed by atoms with Gasteiger partial charge in [0.25, 0.3) is 0 Å². The van der Waals surface area contributed by atoms with E-state index in [0.29, 0.717) is 18.8 Å². The van der Waals surface area contributed by atoms with Crippen molar-refractivity contribution < 1.29 is 9.53 Å². The molecule has 0 spiro atoms. The predicted molar refractivity (Wildman–Crippen MR) is 146 cm³/mol. The van der Waals surface area contributed by atoms with Gasteiger partial charge in [-0.2, -0.15) is 0 Å².